The second kappa shape index (κ2) is 2.96. The van der Waals surface area contributed by atoms with E-state index in [0.29, 0.717) is 0 Å². The lowest BCUT2D eigenvalue weighted by Crippen LogP contribution is -2.41. The molecule has 0 aliphatic carbocycles. The van der Waals surface area contributed by atoms with Crippen molar-refractivity contribution in [3.8, 4) is 0 Å². The van der Waals surface area contributed by atoms with Crippen molar-refractivity contribution in [3.05, 3.63) is 12.2 Å². The smallest absolute Gasteiger partial charge is 0.377 e. The molecule has 2 N–H and O–H groups in total. The molecule has 0 radical (unpaired) electrons. The molecule has 0 spiro atoms. The molecule has 0 aromatic rings. The molecular formula is C6H8F2O3. The Hall–Kier alpha value is -0.970. The summed E-state index contributed by atoms with van der Waals surface area (Å²) < 4.78 is 24.6. The van der Waals surface area contributed by atoms with Crippen molar-refractivity contribution in [1.82, 2.24) is 0 Å². The summed E-state index contributed by atoms with van der Waals surface area (Å²) in [6.45, 7) is 4.14. The second-order valence-electron chi connectivity index (χ2n) is 2.18. The van der Waals surface area contributed by atoms with Crippen molar-refractivity contribution in [2.75, 3.05) is 0 Å². The molecule has 0 aliphatic rings. The van der Waals surface area contributed by atoms with Crippen LogP contribution in [0, 0.1) is 0 Å². The Morgan fingerprint density at radius 3 is 2.09 bits per heavy atom. The van der Waals surface area contributed by atoms with E-state index in [-0.39, 0.29) is 5.57 Å². The Labute approximate surface area is 62.0 Å². The number of halogens is 2. The lowest BCUT2D eigenvalue weighted by atomic mass is 10.1. The Bertz CT molecular complexity index is 188. The van der Waals surface area contributed by atoms with Gasteiger partial charge in [0.25, 0.3) is 0 Å². The van der Waals surface area contributed by atoms with Crippen LogP contribution in [0.25, 0.3) is 0 Å². The fourth-order valence-electron chi connectivity index (χ4n) is 0.426. The number of alkyl halides is 2. The van der Waals surface area contributed by atoms with Gasteiger partial charge < -0.3 is 10.2 Å². The Morgan fingerprint density at radius 1 is 1.64 bits per heavy atom. The van der Waals surface area contributed by atoms with E-state index >= 15 is 0 Å². The third-order valence-corrected chi connectivity index (χ3v) is 1.10. The van der Waals surface area contributed by atoms with Crippen LogP contribution in [0.5, 0.6) is 0 Å². The van der Waals surface area contributed by atoms with Crippen LogP contribution in [-0.4, -0.2) is 28.2 Å². The minimum atomic E-state index is -4.15. The van der Waals surface area contributed by atoms with Crippen LogP contribution in [0.4, 0.5) is 8.78 Å². The third kappa shape index (κ3) is 1.98. The highest BCUT2D eigenvalue weighted by molar-refractivity contribution is 5.76. The minimum absolute atomic E-state index is 0.280. The standard InChI is InChI=1S/C6H8F2O3/c1-3(2)4(9)6(7,8)5(10)11/h4,9H,1H2,2H3,(H,10,11). The first kappa shape index (κ1) is 10.0. The van der Waals surface area contributed by atoms with Gasteiger partial charge in [-0.15, -0.1) is 0 Å². The molecular weight excluding hydrogens is 158 g/mol. The molecule has 0 fully saturated rings. The Morgan fingerprint density at radius 2 is 2.00 bits per heavy atom. The summed E-state index contributed by atoms with van der Waals surface area (Å²) in [5.41, 5.74) is -0.280. The van der Waals surface area contributed by atoms with Crippen LogP contribution >= 0.6 is 0 Å². The van der Waals surface area contributed by atoms with E-state index in [1.54, 1.807) is 0 Å². The maximum atomic E-state index is 12.3. The van der Waals surface area contributed by atoms with Gasteiger partial charge in [-0.2, -0.15) is 8.78 Å². The number of carboxylic acid groups (broad SMARTS) is 1. The zero-order chi connectivity index (χ0) is 9.23. The van der Waals surface area contributed by atoms with E-state index in [9.17, 15) is 13.6 Å². The highest BCUT2D eigenvalue weighted by Crippen LogP contribution is 2.22. The molecule has 0 rings (SSSR count). The van der Waals surface area contributed by atoms with Crippen LogP contribution in [0.15, 0.2) is 12.2 Å². The molecule has 0 aliphatic heterocycles. The number of carboxylic acids is 1. The molecule has 0 saturated heterocycles. The topological polar surface area (TPSA) is 57.5 Å². The monoisotopic (exact) mass is 166 g/mol. The number of carbonyl (C=O) groups is 1. The first-order valence-corrected chi connectivity index (χ1v) is 2.74. The van der Waals surface area contributed by atoms with E-state index in [2.05, 4.69) is 6.58 Å². The van der Waals surface area contributed by atoms with Gasteiger partial charge in [-0.25, -0.2) is 4.79 Å². The van der Waals surface area contributed by atoms with Crippen molar-refractivity contribution in [1.29, 1.82) is 0 Å². The predicted octanol–water partition coefficient (Wildman–Crippen LogP) is 0.643. The van der Waals surface area contributed by atoms with Crippen LogP contribution < -0.4 is 0 Å². The summed E-state index contributed by atoms with van der Waals surface area (Å²) in [5.74, 6) is -6.50. The predicted molar refractivity (Wildman–Crippen MR) is 33.4 cm³/mol. The molecule has 64 valence electrons. The molecule has 0 saturated carbocycles. The number of rotatable bonds is 3. The summed E-state index contributed by atoms with van der Waals surface area (Å²) in [7, 11) is 0. The quantitative estimate of drug-likeness (QED) is 0.605. The van der Waals surface area contributed by atoms with Crippen LogP contribution in [0.2, 0.25) is 0 Å². The van der Waals surface area contributed by atoms with Gasteiger partial charge >= 0.3 is 11.9 Å². The van der Waals surface area contributed by atoms with Crippen molar-refractivity contribution < 1.29 is 23.8 Å². The maximum absolute atomic E-state index is 12.3. The van der Waals surface area contributed by atoms with Gasteiger partial charge in [0.2, 0.25) is 0 Å². The van der Waals surface area contributed by atoms with Crippen molar-refractivity contribution in [2.45, 2.75) is 19.0 Å². The van der Waals surface area contributed by atoms with Gasteiger partial charge in [-0.3, -0.25) is 0 Å². The largest absolute Gasteiger partial charge is 0.477 e. The van der Waals surface area contributed by atoms with Crippen molar-refractivity contribution >= 4 is 5.97 Å². The first-order chi connectivity index (χ1) is 4.80. The SMILES string of the molecule is C=C(C)C(O)C(F)(F)C(=O)O. The normalized spacial score (nSPS) is 14.2. The summed E-state index contributed by atoms with van der Waals surface area (Å²) in [6.07, 6.45) is -2.32. The zero-order valence-electron chi connectivity index (χ0n) is 5.84. The van der Waals surface area contributed by atoms with Gasteiger partial charge in [0.15, 0.2) is 0 Å². The van der Waals surface area contributed by atoms with Crippen LogP contribution in [0.3, 0.4) is 0 Å². The number of aliphatic carboxylic acids is 1. The van der Waals surface area contributed by atoms with Gasteiger partial charge in [0.05, 0.1) is 0 Å². The van der Waals surface area contributed by atoms with E-state index in [4.69, 9.17) is 10.2 Å². The molecule has 0 amide bonds. The molecule has 5 heteroatoms. The summed E-state index contributed by atoms with van der Waals surface area (Å²) in [5, 5.41) is 16.5. The van der Waals surface area contributed by atoms with Gasteiger partial charge in [-0.05, 0) is 12.5 Å². The highest BCUT2D eigenvalue weighted by Gasteiger charge is 2.47. The van der Waals surface area contributed by atoms with E-state index in [1.807, 2.05) is 0 Å². The maximum Gasteiger partial charge on any atom is 0.377 e. The second-order valence-corrected chi connectivity index (χ2v) is 2.18. The van der Waals surface area contributed by atoms with Gasteiger partial charge in [0, 0.05) is 0 Å². The Kier molecular flexibility index (Phi) is 2.70. The summed E-state index contributed by atoms with van der Waals surface area (Å²) >= 11 is 0. The molecule has 11 heavy (non-hydrogen) atoms. The van der Waals surface area contributed by atoms with Gasteiger partial charge in [0.1, 0.15) is 6.10 Å². The Balaban J connectivity index is 4.55. The molecule has 3 nitrogen and oxygen atoms in total. The average molecular weight is 166 g/mol. The average Bonchev–Trinajstić information content (AvgIpc) is 1.85. The molecule has 0 bridgehead atoms. The van der Waals surface area contributed by atoms with E-state index in [0.717, 1.165) is 6.92 Å². The molecule has 0 heterocycles. The van der Waals surface area contributed by atoms with Crippen LogP contribution in [0.1, 0.15) is 6.92 Å². The number of hydrogen-bond donors (Lipinski definition) is 2. The first-order valence-electron chi connectivity index (χ1n) is 2.74. The fourth-order valence-corrected chi connectivity index (χ4v) is 0.426. The molecule has 0 aromatic heterocycles. The summed E-state index contributed by atoms with van der Waals surface area (Å²) in [6, 6.07) is 0. The van der Waals surface area contributed by atoms with Gasteiger partial charge in [-0.1, -0.05) is 6.58 Å². The van der Waals surface area contributed by atoms with Crippen molar-refractivity contribution in [3.63, 3.8) is 0 Å². The molecule has 1 unspecified atom stereocenters. The summed E-state index contributed by atoms with van der Waals surface area (Å²) in [4.78, 5) is 9.82. The number of aliphatic hydroxyl groups is 1. The van der Waals surface area contributed by atoms with Crippen molar-refractivity contribution in [2.24, 2.45) is 0 Å². The van der Waals surface area contributed by atoms with E-state index in [1.165, 1.54) is 0 Å². The lowest BCUT2D eigenvalue weighted by Gasteiger charge is -2.17. The fraction of sp³-hybridized carbons (Fsp3) is 0.500. The van der Waals surface area contributed by atoms with E-state index < -0.39 is 18.0 Å². The lowest BCUT2D eigenvalue weighted by molar-refractivity contribution is -0.177. The zero-order valence-corrected chi connectivity index (χ0v) is 5.84. The third-order valence-electron chi connectivity index (χ3n) is 1.10. The molecule has 0 aromatic carbocycles. The molecule has 1 atom stereocenters. The highest BCUT2D eigenvalue weighted by atomic mass is 19.3. The number of aliphatic hydroxyl groups excluding tert-OH is 1. The number of hydrogen-bond acceptors (Lipinski definition) is 2. The van der Waals surface area contributed by atoms with Crippen LogP contribution in [-0.2, 0) is 4.79 Å². The minimum Gasteiger partial charge on any atom is -0.477 e.